The van der Waals surface area contributed by atoms with E-state index in [1.54, 1.807) is 49.4 Å². The molecule has 1 N–H and O–H groups in total. The van der Waals surface area contributed by atoms with Gasteiger partial charge in [0.1, 0.15) is 18.3 Å². The molecule has 0 bridgehead atoms. The fraction of sp³-hybridized carbons (Fsp3) is 0.310. The van der Waals surface area contributed by atoms with Crippen LogP contribution in [0, 0.1) is 6.92 Å². The van der Waals surface area contributed by atoms with Gasteiger partial charge in [0.05, 0.1) is 17.7 Å². The zero-order valence-electron chi connectivity index (χ0n) is 23.0. The lowest BCUT2D eigenvalue weighted by molar-refractivity contribution is -0.139. The minimum Gasteiger partial charge on any atom is -0.495 e. The fourth-order valence-electron chi connectivity index (χ4n) is 4.03. The van der Waals surface area contributed by atoms with Crippen molar-refractivity contribution in [1.29, 1.82) is 0 Å². The van der Waals surface area contributed by atoms with Crippen molar-refractivity contribution in [2.24, 2.45) is 0 Å². The normalized spacial score (nSPS) is 12.1. The highest BCUT2D eigenvalue weighted by molar-refractivity contribution is 7.92. The van der Waals surface area contributed by atoms with Crippen molar-refractivity contribution in [3.63, 3.8) is 0 Å². The maximum absolute atomic E-state index is 14.0. The van der Waals surface area contributed by atoms with Crippen LogP contribution in [0.15, 0.2) is 71.6 Å². The summed E-state index contributed by atoms with van der Waals surface area (Å²) in [5, 5.41) is 3.55. The van der Waals surface area contributed by atoms with E-state index in [1.807, 2.05) is 20.8 Å². The number of methoxy groups -OCH3 is 1. The molecule has 3 rings (SSSR count). The molecule has 0 fully saturated rings. The molecule has 40 heavy (non-hydrogen) atoms. The van der Waals surface area contributed by atoms with Crippen molar-refractivity contribution in [2.45, 2.75) is 51.2 Å². The summed E-state index contributed by atoms with van der Waals surface area (Å²) >= 11 is 12.4. The summed E-state index contributed by atoms with van der Waals surface area (Å²) in [5.74, 6) is -0.775. The number of sulfonamides is 1. The molecule has 2 amide bonds. The summed E-state index contributed by atoms with van der Waals surface area (Å²) in [4.78, 5) is 28.3. The van der Waals surface area contributed by atoms with Crippen LogP contribution in [0.1, 0.15) is 31.9 Å². The Bertz CT molecular complexity index is 1460. The number of carbonyl (C=O) groups is 2. The second-order valence-electron chi connectivity index (χ2n) is 9.63. The van der Waals surface area contributed by atoms with E-state index in [2.05, 4.69) is 5.32 Å². The van der Waals surface area contributed by atoms with Gasteiger partial charge in [-0.25, -0.2) is 8.42 Å². The number of anilines is 1. The van der Waals surface area contributed by atoms with Crippen LogP contribution in [0.2, 0.25) is 10.0 Å². The van der Waals surface area contributed by atoms with E-state index < -0.39 is 28.5 Å². The Labute approximate surface area is 245 Å². The SMILES string of the molecule is COc1ccc(Cl)cc1N(CC(=O)N(Cc1cccc(Cl)c1)[C@@H](C)C(=O)NC(C)C)S(=O)(=O)c1ccc(C)cc1. The van der Waals surface area contributed by atoms with E-state index in [0.717, 1.165) is 9.87 Å². The number of amides is 2. The first-order valence-corrected chi connectivity index (χ1v) is 14.8. The van der Waals surface area contributed by atoms with Crippen LogP contribution in [0.4, 0.5) is 5.69 Å². The molecule has 0 saturated heterocycles. The van der Waals surface area contributed by atoms with E-state index >= 15 is 0 Å². The molecule has 3 aromatic rings. The number of rotatable bonds is 11. The van der Waals surface area contributed by atoms with Crippen molar-refractivity contribution in [2.75, 3.05) is 18.0 Å². The molecule has 0 unspecified atom stereocenters. The summed E-state index contributed by atoms with van der Waals surface area (Å²) in [6, 6.07) is 16.6. The maximum Gasteiger partial charge on any atom is 0.264 e. The number of nitrogens with one attached hydrogen (secondary N) is 1. The molecule has 1 atom stereocenters. The quantitative estimate of drug-likeness (QED) is 0.313. The van der Waals surface area contributed by atoms with Crippen LogP contribution in [-0.4, -0.2) is 50.9 Å². The van der Waals surface area contributed by atoms with Crippen LogP contribution in [-0.2, 0) is 26.2 Å². The van der Waals surface area contributed by atoms with Gasteiger partial charge in [-0.2, -0.15) is 0 Å². The molecule has 214 valence electrons. The second kappa shape index (κ2) is 13.4. The van der Waals surface area contributed by atoms with Gasteiger partial charge in [0.15, 0.2) is 0 Å². The number of halogens is 2. The van der Waals surface area contributed by atoms with E-state index in [1.165, 1.54) is 36.3 Å². The van der Waals surface area contributed by atoms with Crippen molar-refractivity contribution >= 4 is 50.7 Å². The van der Waals surface area contributed by atoms with Crippen LogP contribution in [0.3, 0.4) is 0 Å². The van der Waals surface area contributed by atoms with Gasteiger partial charge >= 0.3 is 0 Å². The lowest BCUT2D eigenvalue weighted by Crippen LogP contribution is -2.52. The Morgan fingerprint density at radius 2 is 1.60 bits per heavy atom. The predicted octanol–water partition coefficient (Wildman–Crippen LogP) is 5.45. The minimum absolute atomic E-state index is 0.0140. The molecule has 0 saturated carbocycles. The van der Waals surface area contributed by atoms with E-state index in [-0.39, 0.29) is 39.8 Å². The largest absolute Gasteiger partial charge is 0.495 e. The molecule has 0 aliphatic heterocycles. The molecule has 0 spiro atoms. The Kier molecular flexibility index (Phi) is 10.5. The van der Waals surface area contributed by atoms with Crippen LogP contribution < -0.4 is 14.4 Å². The first kappa shape index (κ1) is 31.3. The van der Waals surface area contributed by atoms with Crippen molar-refractivity contribution < 1.29 is 22.7 Å². The fourth-order valence-corrected chi connectivity index (χ4v) is 5.82. The third kappa shape index (κ3) is 7.68. The highest BCUT2D eigenvalue weighted by atomic mass is 35.5. The molecule has 0 aliphatic carbocycles. The summed E-state index contributed by atoms with van der Waals surface area (Å²) < 4.78 is 34.4. The number of ether oxygens (including phenoxy) is 1. The molecule has 0 aliphatic rings. The average Bonchev–Trinajstić information content (AvgIpc) is 2.89. The van der Waals surface area contributed by atoms with E-state index in [0.29, 0.717) is 10.6 Å². The van der Waals surface area contributed by atoms with E-state index in [4.69, 9.17) is 27.9 Å². The summed E-state index contributed by atoms with van der Waals surface area (Å²) in [7, 11) is -2.87. The van der Waals surface area contributed by atoms with Gasteiger partial charge in [0, 0.05) is 22.6 Å². The number of benzene rings is 3. The molecule has 11 heteroatoms. The minimum atomic E-state index is -4.27. The van der Waals surface area contributed by atoms with Gasteiger partial charge in [-0.15, -0.1) is 0 Å². The molecule has 3 aromatic carbocycles. The standard InChI is InChI=1S/C29H33Cl2N3O5S/c1-19(2)32-29(36)21(4)33(17-22-7-6-8-23(30)15-22)28(35)18-34(26-16-24(31)11-14-27(26)39-5)40(37,38)25-12-9-20(3)10-13-25/h6-16,19,21H,17-18H2,1-5H3,(H,32,36)/t21-/m0/s1. The monoisotopic (exact) mass is 605 g/mol. The van der Waals surface area contributed by atoms with Gasteiger partial charge in [0.25, 0.3) is 10.0 Å². The topological polar surface area (TPSA) is 96.0 Å². The van der Waals surface area contributed by atoms with Crippen LogP contribution in [0.25, 0.3) is 0 Å². The smallest absolute Gasteiger partial charge is 0.264 e. The summed E-state index contributed by atoms with van der Waals surface area (Å²) in [5.41, 5.74) is 1.64. The zero-order chi connectivity index (χ0) is 29.6. The third-order valence-corrected chi connectivity index (χ3v) is 8.38. The zero-order valence-corrected chi connectivity index (χ0v) is 25.3. The molecule has 8 nitrogen and oxygen atoms in total. The number of carbonyl (C=O) groups excluding carboxylic acids is 2. The first-order valence-electron chi connectivity index (χ1n) is 12.6. The highest BCUT2D eigenvalue weighted by Crippen LogP contribution is 2.35. The van der Waals surface area contributed by atoms with Gasteiger partial charge < -0.3 is 15.0 Å². The van der Waals surface area contributed by atoms with Crippen molar-refractivity contribution in [1.82, 2.24) is 10.2 Å². The van der Waals surface area contributed by atoms with Gasteiger partial charge in [-0.3, -0.25) is 13.9 Å². The van der Waals surface area contributed by atoms with Gasteiger partial charge in [-0.1, -0.05) is 53.0 Å². The van der Waals surface area contributed by atoms with Gasteiger partial charge in [0.2, 0.25) is 11.8 Å². The Morgan fingerprint density at radius 3 is 2.20 bits per heavy atom. The first-order chi connectivity index (χ1) is 18.8. The molecule has 0 heterocycles. The molecule has 0 aromatic heterocycles. The lowest BCUT2D eigenvalue weighted by atomic mass is 10.1. The predicted molar refractivity (Wildman–Crippen MR) is 158 cm³/mol. The third-order valence-electron chi connectivity index (χ3n) is 6.14. The van der Waals surface area contributed by atoms with E-state index in [9.17, 15) is 18.0 Å². The number of nitrogens with zero attached hydrogens (tertiary/aromatic N) is 2. The van der Waals surface area contributed by atoms with Crippen LogP contribution >= 0.6 is 23.2 Å². The average molecular weight is 607 g/mol. The van der Waals surface area contributed by atoms with Crippen molar-refractivity contribution in [3.05, 3.63) is 87.9 Å². The number of aryl methyl sites for hydroxylation is 1. The number of hydrogen-bond donors (Lipinski definition) is 1. The molecular weight excluding hydrogens is 573 g/mol. The Morgan fingerprint density at radius 1 is 0.950 bits per heavy atom. The summed E-state index contributed by atoms with van der Waals surface area (Å²) in [6.07, 6.45) is 0. The summed E-state index contributed by atoms with van der Waals surface area (Å²) in [6.45, 7) is 6.47. The maximum atomic E-state index is 14.0. The Hall–Kier alpha value is -3.27. The second-order valence-corrected chi connectivity index (χ2v) is 12.4. The molecular formula is C29H33Cl2N3O5S. The lowest BCUT2D eigenvalue weighted by Gasteiger charge is -2.32. The highest BCUT2D eigenvalue weighted by Gasteiger charge is 2.34. The Balaban J connectivity index is 2.11. The van der Waals surface area contributed by atoms with Gasteiger partial charge in [-0.05, 0) is 75.7 Å². The number of hydrogen-bond acceptors (Lipinski definition) is 5. The van der Waals surface area contributed by atoms with Crippen molar-refractivity contribution in [3.8, 4) is 5.75 Å². The van der Waals surface area contributed by atoms with Crippen LogP contribution in [0.5, 0.6) is 5.75 Å². The molecule has 0 radical (unpaired) electrons.